The summed E-state index contributed by atoms with van der Waals surface area (Å²) in [5.74, 6) is -10.1. The molecule has 20 atom stereocenters. The highest BCUT2D eigenvalue weighted by Gasteiger charge is 2.35. The molecule has 21 nitrogen and oxygen atoms in total. The molecule has 3 heterocycles. The quantitative estimate of drug-likeness (QED) is 0.0537. The van der Waals surface area contributed by atoms with Crippen LogP contribution in [0.15, 0.2) is 112 Å². The summed E-state index contributed by atoms with van der Waals surface area (Å²) in [4.78, 5) is 38.1. The number of aromatic hydroxyl groups is 1. The van der Waals surface area contributed by atoms with Crippen molar-refractivity contribution in [2.75, 3.05) is 76.9 Å². The second-order valence-electron chi connectivity index (χ2n) is 30.6. The van der Waals surface area contributed by atoms with Crippen LogP contribution in [0.2, 0.25) is 0 Å². The van der Waals surface area contributed by atoms with E-state index in [1.54, 1.807) is 87.2 Å². The van der Waals surface area contributed by atoms with Gasteiger partial charge in [-0.3, -0.25) is 14.4 Å². The lowest BCUT2D eigenvalue weighted by Crippen LogP contribution is -2.33. The van der Waals surface area contributed by atoms with Crippen LogP contribution in [0, 0.1) is 94.3 Å². The number of allylic oxidation sites excluding steroid dienone is 3. The van der Waals surface area contributed by atoms with E-state index in [-0.39, 0.29) is 128 Å². The molecule has 612 valence electrons. The Morgan fingerprint density at radius 2 is 0.771 bits per heavy atom. The van der Waals surface area contributed by atoms with Crippen molar-refractivity contribution < 1.29 is 107 Å². The van der Waals surface area contributed by atoms with E-state index in [2.05, 4.69) is 16.0 Å². The van der Waals surface area contributed by atoms with Gasteiger partial charge in [0.15, 0.2) is 23.2 Å². The normalized spacial score (nSPS) is 33.4. The summed E-state index contributed by atoms with van der Waals surface area (Å²) in [6, 6.07) is 8.63. The molecule has 3 aliphatic rings. The maximum atomic E-state index is 14.7. The fourth-order valence-electron chi connectivity index (χ4n) is 15.3. The number of phenolic OH excluding ortho intramolecular Hbond substituents is 1. The van der Waals surface area contributed by atoms with Gasteiger partial charge in [0.05, 0.1) is 48.8 Å². The van der Waals surface area contributed by atoms with Crippen LogP contribution < -0.4 is 16.0 Å². The van der Waals surface area contributed by atoms with Gasteiger partial charge in [-0.05, 0) is 182 Å². The first-order valence-corrected chi connectivity index (χ1v) is 37.9. The number of anilines is 3. The summed E-state index contributed by atoms with van der Waals surface area (Å²) < 4.78 is 74.9. The van der Waals surface area contributed by atoms with E-state index in [0.717, 1.165) is 28.9 Å². The summed E-state index contributed by atoms with van der Waals surface area (Å²) in [7, 11) is 4.69. The summed E-state index contributed by atoms with van der Waals surface area (Å²) >= 11 is 0. The topological polar surface area (TPSA) is 358 Å². The number of hydrogen-bond acceptors (Lipinski definition) is 18. The lowest BCUT2D eigenvalue weighted by atomic mass is 9.81. The maximum absolute atomic E-state index is 14.7. The average Bonchev–Trinajstić information content (AvgIpc) is 1.39. The third kappa shape index (κ3) is 28.0. The molecule has 0 fully saturated rings. The number of nitrogens with one attached hydrogen (secondary N) is 3. The number of phenols is 1. The van der Waals surface area contributed by atoms with Crippen LogP contribution in [0.1, 0.15) is 170 Å². The number of aliphatic hydroxyl groups is 11. The Bertz CT molecular complexity index is 3580. The van der Waals surface area contributed by atoms with E-state index in [4.69, 9.17) is 14.2 Å². The van der Waals surface area contributed by atoms with Gasteiger partial charge in [0, 0.05) is 166 Å². The molecule has 3 amide bonds. The highest BCUT2D eigenvalue weighted by atomic mass is 19.2. The molecular weight excluding hydrogens is 1410 g/mol. The van der Waals surface area contributed by atoms with Gasteiger partial charge in [-0.25, -0.2) is 17.6 Å². The van der Waals surface area contributed by atoms with E-state index in [1.807, 2.05) is 59.8 Å². The maximum Gasteiger partial charge on any atom is 0.250 e. The number of carbonyl (C=O) groups excluding carboxylic acids is 3. The number of halogens is 4. The molecule has 15 N–H and O–H groups in total. The first-order chi connectivity index (χ1) is 51.5. The molecule has 0 unspecified atom stereocenters. The highest BCUT2D eigenvalue weighted by molar-refractivity contribution is 6.04. The van der Waals surface area contributed by atoms with Gasteiger partial charge in [-0.1, -0.05) is 78.0 Å². The fraction of sp³-hybridized carbons (Fsp3) is 0.607. The van der Waals surface area contributed by atoms with Crippen molar-refractivity contribution >= 4 is 34.8 Å². The Labute approximate surface area is 641 Å². The van der Waals surface area contributed by atoms with Crippen molar-refractivity contribution in [3.8, 4) is 5.75 Å². The number of aliphatic hydroxyl groups excluding tert-OH is 11. The Balaban J connectivity index is 0.000000345. The molecule has 0 aromatic heterocycles. The van der Waals surface area contributed by atoms with Gasteiger partial charge in [-0.2, -0.15) is 0 Å². The van der Waals surface area contributed by atoms with E-state index >= 15 is 0 Å². The second kappa shape index (κ2) is 46.5. The molecule has 3 aromatic rings. The molecule has 6 bridgehead atoms. The van der Waals surface area contributed by atoms with Crippen molar-refractivity contribution in [2.24, 2.45) is 71.0 Å². The Kier molecular flexibility index (Phi) is 40.4. The smallest absolute Gasteiger partial charge is 0.250 e. The number of hydrogen-bond donors (Lipinski definition) is 15. The Morgan fingerprint density at radius 3 is 1.14 bits per heavy atom. The Morgan fingerprint density at radius 1 is 0.431 bits per heavy atom. The molecule has 109 heavy (non-hydrogen) atoms. The minimum absolute atomic E-state index is 0.00399. The summed E-state index contributed by atoms with van der Waals surface area (Å²) in [6.07, 6.45) is 8.83. The minimum Gasteiger partial charge on any atom is -0.505 e. The van der Waals surface area contributed by atoms with Crippen LogP contribution in [-0.2, 0) is 35.0 Å². The summed E-state index contributed by atoms with van der Waals surface area (Å²) in [5, 5.41) is 133. The van der Waals surface area contributed by atoms with Crippen molar-refractivity contribution in [3.05, 3.63) is 152 Å². The molecule has 0 radical (unpaired) electrons. The molecular formula is C84H125F4N3O18. The SMILES string of the molecule is CO[C@H]1/C(C)=C/[C@H](C)[C@@H](O)[C@@H](CO)C[C@H](C)Cc2cc(cc(F)c2O)NC(=O)/C(C)=C/CC[C@@H]1CO.CO[C@H]1/C(C)=C/[C@H](C)[C@@H](O)[C@@H](CO)C[C@H](C)[C@@H](O)c2cc(F)cc(c2)NC(=O)/C(C)=C/CC[C@@H]1CO.CO[C@H]1/C(C)=C/[C@H](C)[C@@H](O)[C@@H](CO)C[C@H](C)[C@@H](O)c2cc(cc(F)c2F)NC(=O)/C(C)=C/CC[C@@H]1CO. The number of rotatable bonds is 9. The van der Waals surface area contributed by atoms with Crippen LogP contribution in [0.3, 0.4) is 0 Å². The zero-order chi connectivity index (χ0) is 81.8. The van der Waals surface area contributed by atoms with E-state index in [1.165, 1.54) is 24.3 Å². The van der Waals surface area contributed by atoms with Gasteiger partial charge in [-0.15, -0.1) is 0 Å². The van der Waals surface area contributed by atoms with E-state index in [0.29, 0.717) is 85.6 Å². The number of methoxy groups -OCH3 is 3. The fourth-order valence-corrected chi connectivity index (χ4v) is 15.3. The zero-order valence-electron chi connectivity index (χ0n) is 66.2. The van der Waals surface area contributed by atoms with Gasteiger partial charge in [0.2, 0.25) is 0 Å². The third-order valence-corrected chi connectivity index (χ3v) is 21.7. The second-order valence-corrected chi connectivity index (χ2v) is 30.6. The number of amides is 3. The first-order valence-electron chi connectivity index (χ1n) is 37.9. The minimum atomic E-state index is -1.44. The van der Waals surface area contributed by atoms with Crippen LogP contribution in [0.4, 0.5) is 34.6 Å². The van der Waals surface area contributed by atoms with Crippen molar-refractivity contribution in [3.63, 3.8) is 0 Å². The third-order valence-electron chi connectivity index (χ3n) is 21.7. The first kappa shape index (κ1) is 94.8. The van der Waals surface area contributed by atoms with Gasteiger partial charge < -0.3 is 91.4 Å². The lowest BCUT2D eigenvalue weighted by molar-refractivity contribution is -0.113. The lowest BCUT2D eigenvalue weighted by Gasteiger charge is -2.30. The molecule has 3 aliphatic heterocycles. The van der Waals surface area contributed by atoms with Crippen molar-refractivity contribution in [2.45, 2.75) is 196 Å². The monoisotopic (exact) mass is 1540 g/mol. The zero-order valence-corrected chi connectivity index (χ0v) is 66.2. The number of carbonyl (C=O) groups is 3. The number of ether oxygens (including phenoxy) is 3. The van der Waals surface area contributed by atoms with E-state index < -0.39 is 107 Å². The molecule has 0 saturated carbocycles. The number of benzene rings is 3. The van der Waals surface area contributed by atoms with Crippen LogP contribution in [0.5, 0.6) is 5.75 Å². The van der Waals surface area contributed by atoms with Gasteiger partial charge in [0.25, 0.3) is 17.7 Å². The number of fused-ring (bicyclic) bond motifs is 6. The molecule has 3 aromatic carbocycles. The summed E-state index contributed by atoms with van der Waals surface area (Å²) in [6.45, 7) is 20.2. The van der Waals surface area contributed by atoms with E-state index in [9.17, 15) is 93.2 Å². The van der Waals surface area contributed by atoms with Crippen molar-refractivity contribution in [1.82, 2.24) is 0 Å². The summed E-state index contributed by atoms with van der Waals surface area (Å²) in [5.41, 5.74) is 4.61. The highest BCUT2D eigenvalue weighted by Crippen LogP contribution is 2.38. The molecule has 6 rings (SSSR count). The largest absolute Gasteiger partial charge is 0.505 e. The molecule has 0 saturated heterocycles. The van der Waals surface area contributed by atoms with Gasteiger partial charge in [0.1, 0.15) is 5.82 Å². The standard InChI is InChI=1S/C28H41F2NO6.2C28H42FNO6/c1-15-7-6-8-19(13-32)27(37-5)18(4)9-16(2)25(34)20(14-33)10-17(3)26(35)22-11-21(31-28(15)36)12-23(29)24(22)30;1-16-9-21-12-23(13-24(29)26(21)34)30-28(35)17(2)7-6-8-20(14-31)27(36-5)19(4)11-18(3)25(33)22(10-16)15-32;1-16-7-6-8-20(14-31)27(36-5)19(4)9-17(2)26(34)22(15-32)10-18(3)25(33)21-11-23(29)13-24(12-21)30-28(16)35/h7,9,11-12,16-17,19-20,25-27,32-35H,6,8,10,13-14H2,1-5H3,(H,31,36);7,11-13,16,18,20,22,25,27,31-34H,6,8-10,14-15H2,1-5H3,(H,30,35);7,9,11-13,17-18,20,22,25-27,31-34H,6,8,10,14-15H2,1-5H3,(H,30,35)/b15-7+,18-9+;17-7+,19-11+;16-7+,19-9+/t16-,17-,19+,20+,25+,26+,27-;16-,18+,20-,22-,25-,27+;17-,18-,20+,22+,25+,26+,27-/m010/s1. The predicted octanol–water partition coefficient (Wildman–Crippen LogP) is 11.6. The molecule has 25 heteroatoms. The van der Waals surface area contributed by atoms with Crippen LogP contribution in [0.25, 0.3) is 0 Å². The Hall–Kier alpha value is -6.53. The molecule has 0 aliphatic carbocycles. The van der Waals surface area contributed by atoms with Crippen LogP contribution in [-0.4, -0.2) is 177 Å². The van der Waals surface area contributed by atoms with Crippen LogP contribution >= 0.6 is 0 Å². The predicted molar refractivity (Wildman–Crippen MR) is 413 cm³/mol. The molecule has 0 spiro atoms. The van der Waals surface area contributed by atoms with Gasteiger partial charge >= 0.3 is 0 Å². The van der Waals surface area contributed by atoms with Crippen molar-refractivity contribution in [1.29, 1.82) is 0 Å². The average molecular weight is 1540 g/mol.